The number of carboxylic acids is 1. The molecule has 0 atom stereocenters. The lowest BCUT2D eigenvalue weighted by Crippen LogP contribution is -2.19. The van der Waals surface area contributed by atoms with Crippen molar-refractivity contribution in [3.05, 3.63) is 45.7 Å². The molecule has 6 nitrogen and oxygen atoms in total. The number of rotatable bonds is 3. The molecule has 106 valence electrons. The van der Waals surface area contributed by atoms with E-state index in [0.717, 1.165) is 6.20 Å². The minimum Gasteiger partial charge on any atom is -0.476 e. The van der Waals surface area contributed by atoms with Gasteiger partial charge in [0, 0.05) is 10.7 Å². The van der Waals surface area contributed by atoms with Crippen LogP contribution in [-0.4, -0.2) is 23.5 Å². The van der Waals surface area contributed by atoms with Gasteiger partial charge in [0.15, 0.2) is 5.69 Å². The Hall–Kier alpha value is -1.51. The largest absolute Gasteiger partial charge is 0.476 e. The summed E-state index contributed by atoms with van der Waals surface area (Å²) in [5.74, 6) is -1.45. The van der Waals surface area contributed by atoms with Gasteiger partial charge in [-0.1, -0.05) is 27.5 Å². The Bertz CT molecular complexity index is 801. The molecule has 0 saturated heterocycles. The molecular weight excluding hydrogens is 372 g/mol. The van der Waals surface area contributed by atoms with Crippen LogP contribution in [0.4, 0.5) is 5.69 Å². The smallest absolute Gasteiger partial charge is 0.355 e. The van der Waals surface area contributed by atoms with Crippen LogP contribution >= 0.6 is 27.5 Å². The summed E-state index contributed by atoms with van der Waals surface area (Å²) in [4.78, 5) is 10.9. The van der Waals surface area contributed by atoms with Gasteiger partial charge in [0.2, 0.25) is 0 Å². The monoisotopic (exact) mass is 378 g/mol. The van der Waals surface area contributed by atoms with Crippen molar-refractivity contribution in [2.75, 3.05) is 5.73 Å². The average molecular weight is 380 g/mol. The zero-order valence-electron chi connectivity index (χ0n) is 9.75. The third kappa shape index (κ3) is 2.41. The Balaban J connectivity index is 2.71. The molecule has 0 fully saturated rings. The highest BCUT2D eigenvalue weighted by molar-refractivity contribution is 9.10. The second-order valence-corrected chi connectivity index (χ2v) is 6.91. The lowest BCUT2D eigenvalue weighted by Gasteiger charge is -2.10. The number of halogens is 2. The maximum Gasteiger partial charge on any atom is 0.355 e. The fourth-order valence-corrected chi connectivity index (χ4v) is 3.75. The second-order valence-electron chi connectivity index (χ2n) is 3.80. The Labute approximate surface area is 127 Å². The molecule has 3 N–H and O–H groups in total. The Morgan fingerprint density at radius 2 is 2.00 bits per heavy atom. The first kappa shape index (κ1) is 14.9. The molecule has 0 aliphatic carbocycles. The lowest BCUT2D eigenvalue weighted by molar-refractivity contribution is 0.0689. The Kier molecular flexibility index (Phi) is 3.81. The molecule has 0 unspecified atom stereocenters. The number of hydrogen-bond donors (Lipinski definition) is 2. The Morgan fingerprint density at radius 3 is 2.55 bits per heavy atom. The third-order valence-corrected chi connectivity index (χ3v) is 5.06. The van der Waals surface area contributed by atoms with E-state index >= 15 is 0 Å². The van der Waals surface area contributed by atoms with Gasteiger partial charge in [0.25, 0.3) is 10.0 Å². The highest BCUT2D eigenvalue weighted by Crippen LogP contribution is 2.28. The van der Waals surface area contributed by atoms with Crippen molar-refractivity contribution in [1.29, 1.82) is 0 Å². The van der Waals surface area contributed by atoms with Gasteiger partial charge in [-0.15, -0.1) is 0 Å². The molecule has 0 bridgehead atoms. The van der Waals surface area contributed by atoms with E-state index < -0.39 is 21.7 Å². The molecule has 0 saturated carbocycles. The third-order valence-electron chi connectivity index (χ3n) is 2.51. The molecule has 1 aromatic carbocycles. The molecular formula is C11H8BrClN2O4S. The van der Waals surface area contributed by atoms with Gasteiger partial charge < -0.3 is 10.8 Å². The van der Waals surface area contributed by atoms with E-state index in [1.54, 1.807) is 0 Å². The van der Waals surface area contributed by atoms with Gasteiger partial charge in [0.05, 0.1) is 10.7 Å². The van der Waals surface area contributed by atoms with Crippen LogP contribution in [0, 0.1) is 0 Å². The molecule has 2 rings (SSSR count). The summed E-state index contributed by atoms with van der Waals surface area (Å²) in [5.41, 5.74) is 5.14. The molecule has 0 aliphatic heterocycles. The fourth-order valence-electron chi connectivity index (χ4n) is 1.65. The first-order chi connectivity index (χ1) is 9.25. The molecule has 0 amide bonds. The number of nitrogens with two attached hydrogens (primary N) is 1. The van der Waals surface area contributed by atoms with E-state index in [-0.39, 0.29) is 15.6 Å². The molecule has 9 heteroatoms. The molecule has 20 heavy (non-hydrogen) atoms. The SMILES string of the molecule is Nc1cc(Br)ccc1S(=O)(=O)n1ccc(Cl)c1C(=O)O. The summed E-state index contributed by atoms with van der Waals surface area (Å²) in [6.07, 6.45) is 1.07. The van der Waals surface area contributed by atoms with Crippen molar-refractivity contribution >= 4 is 49.2 Å². The summed E-state index contributed by atoms with van der Waals surface area (Å²) in [7, 11) is -4.14. The summed E-state index contributed by atoms with van der Waals surface area (Å²) in [6, 6.07) is 5.39. The topological polar surface area (TPSA) is 102 Å². The average Bonchev–Trinajstić information content (AvgIpc) is 2.71. The van der Waals surface area contributed by atoms with E-state index in [2.05, 4.69) is 15.9 Å². The maximum absolute atomic E-state index is 12.5. The minimum absolute atomic E-state index is 0.000497. The number of carboxylic acid groups (broad SMARTS) is 1. The molecule has 2 aromatic rings. The summed E-state index contributed by atoms with van der Waals surface area (Å²) >= 11 is 8.86. The van der Waals surface area contributed by atoms with E-state index in [4.69, 9.17) is 22.4 Å². The van der Waals surface area contributed by atoms with Crippen molar-refractivity contribution in [2.45, 2.75) is 4.90 Å². The fraction of sp³-hybridized carbons (Fsp3) is 0. The maximum atomic E-state index is 12.5. The van der Waals surface area contributed by atoms with Crippen LogP contribution in [0.1, 0.15) is 10.5 Å². The van der Waals surface area contributed by atoms with Crippen LogP contribution in [0.25, 0.3) is 0 Å². The normalized spacial score (nSPS) is 11.5. The van der Waals surface area contributed by atoms with Gasteiger partial charge in [0.1, 0.15) is 4.90 Å². The molecule has 0 spiro atoms. The standard InChI is InChI=1S/C11H8BrClN2O4S/c12-6-1-2-9(8(14)5-6)20(18,19)15-4-3-7(13)10(15)11(16)17/h1-5H,14H2,(H,16,17). The van der Waals surface area contributed by atoms with Crippen LogP contribution in [-0.2, 0) is 10.0 Å². The van der Waals surface area contributed by atoms with Crippen molar-refractivity contribution in [3.63, 3.8) is 0 Å². The van der Waals surface area contributed by atoms with Crippen molar-refractivity contribution in [2.24, 2.45) is 0 Å². The number of benzene rings is 1. The van der Waals surface area contributed by atoms with Crippen LogP contribution in [0.5, 0.6) is 0 Å². The van der Waals surface area contributed by atoms with E-state index in [1.807, 2.05) is 0 Å². The van der Waals surface area contributed by atoms with Gasteiger partial charge in [-0.2, -0.15) is 0 Å². The summed E-state index contributed by atoms with van der Waals surface area (Å²) in [5, 5.41) is 8.88. The van der Waals surface area contributed by atoms with E-state index in [1.165, 1.54) is 24.3 Å². The van der Waals surface area contributed by atoms with Crippen molar-refractivity contribution < 1.29 is 18.3 Å². The van der Waals surface area contributed by atoms with Gasteiger partial charge in [-0.05, 0) is 24.3 Å². The quantitative estimate of drug-likeness (QED) is 0.797. The molecule has 0 radical (unpaired) electrons. The predicted octanol–water partition coefficient (Wildman–Crippen LogP) is 2.42. The van der Waals surface area contributed by atoms with Crippen molar-refractivity contribution in [3.8, 4) is 0 Å². The highest BCUT2D eigenvalue weighted by Gasteiger charge is 2.27. The van der Waals surface area contributed by atoms with Gasteiger partial charge in [-0.25, -0.2) is 17.2 Å². The number of anilines is 1. The zero-order valence-corrected chi connectivity index (χ0v) is 12.9. The second kappa shape index (κ2) is 5.12. The van der Waals surface area contributed by atoms with E-state index in [9.17, 15) is 13.2 Å². The Morgan fingerprint density at radius 1 is 1.35 bits per heavy atom. The number of aromatic carboxylic acids is 1. The number of hydrogen-bond acceptors (Lipinski definition) is 4. The summed E-state index contributed by atoms with van der Waals surface area (Å²) in [6.45, 7) is 0. The molecule has 0 aliphatic rings. The zero-order chi connectivity index (χ0) is 15.1. The van der Waals surface area contributed by atoms with Crippen LogP contribution in [0.3, 0.4) is 0 Å². The minimum atomic E-state index is -4.14. The highest BCUT2D eigenvalue weighted by atomic mass is 79.9. The molecule has 1 aromatic heterocycles. The van der Waals surface area contributed by atoms with Crippen LogP contribution in [0.2, 0.25) is 5.02 Å². The van der Waals surface area contributed by atoms with Crippen molar-refractivity contribution in [1.82, 2.24) is 3.97 Å². The lowest BCUT2D eigenvalue weighted by atomic mass is 10.3. The number of carbonyl (C=O) groups is 1. The first-order valence-corrected chi connectivity index (χ1v) is 7.77. The number of aromatic nitrogens is 1. The van der Waals surface area contributed by atoms with Gasteiger partial charge >= 0.3 is 5.97 Å². The van der Waals surface area contributed by atoms with E-state index in [0.29, 0.717) is 8.45 Å². The van der Waals surface area contributed by atoms with Gasteiger partial charge in [-0.3, -0.25) is 0 Å². The van der Waals surface area contributed by atoms with Crippen LogP contribution in [0.15, 0.2) is 39.8 Å². The number of nitrogens with zero attached hydrogens (tertiary/aromatic N) is 1. The first-order valence-electron chi connectivity index (χ1n) is 5.16. The number of nitrogen functional groups attached to an aromatic ring is 1. The predicted molar refractivity (Wildman–Crippen MR) is 77.5 cm³/mol. The summed E-state index contributed by atoms with van der Waals surface area (Å²) < 4.78 is 26.1. The van der Waals surface area contributed by atoms with Crippen LogP contribution < -0.4 is 5.73 Å². The molecule has 1 heterocycles.